The molecule has 0 aliphatic heterocycles. The maximum Gasteiger partial charge on any atom is 0.319 e. The van der Waals surface area contributed by atoms with Crippen LogP contribution in [-0.4, -0.2) is 20.3 Å². The number of urea groups is 1. The molecule has 7 heteroatoms. The Morgan fingerprint density at radius 2 is 1.70 bits per heavy atom. The minimum atomic E-state index is -0.844. The number of rotatable bonds is 5. The summed E-state index contributed by atoms with van der Waals surface area (Å²) in [7, 11) is 3.05. The molecule has 5 nitrogen and oxygen atoms in total. The van der Waals surface area contributed by atoms with Gasteiger partial charge in [-0.25, -0.2) is 13.6 Å². The van der Waals surface area contributed by atoms with Gasteiger partial charge in [-0.05, 0) is 29.8 Å². The van der Waals surface area contributed by atoms with Gasteiger partial charge in [-0.2, -0.15) is 0 Å². The number of hydrogen-bond donors (Lipinski definition) is 2. The number of amides is 2. The van der Waals surface area contributed by atoms with E-state index < -0.39 is 17.7 Å². The van der Waals surface area contributed by atoms with E-state index in [2.05, 4.69) is 10.6 Å². The van der Waals surface area contributed by atoms with Crippen molar-refractivity contribution in [3.8, 4) is 11.5 Å². The van der Waals surface area contributed by atoms with Crippen LogP contribution >= 0.6 is 0 Å². The lowest BCUT2D eigenvalue weighted by atomic mass is 10.2. The molecular formula is C16H16F2N2O3. The summed E-state index contributed by atoms with van der Waals surface area (Å²) in [6.45, 7) is 0.183. The summed E-state index contributed by atoms with van der Waals surface area (Å²) in [5.74, 6) is -0.377. The fourth-order valence-electron chi connectivity index (χ4n) is 1.91. The number of methoxy groups -OCH3 is 2. The summed E-state index contributed by atoms with van der Waals surface area (Å²) in [5.41, 5.74) is 0.642. The molecule has 122 valence electrons. The van der Waals surface area contributed by atoms with Gasteiger partial charge in [-0.3, -0.25) is 0 Å². The fourth-order valence-corrected chi connectivity index (χ4v) is 1.91. The SMILES string of the molecule is COc1cc(CNC(=O)Nc2ccc(F)cc2F)cc(OC)c1. The van der Waals surface area contributed by atoms with Crippen molar-refractivity contribution in [2.75, 3.05) is 19.5 Å². The van der Waals surface area contributed by atoms with E-state index >= 15 is 0 Å². The lowest BCUT2D eigenvalue weighted by molar-refractivity contribution is 0.251. The molecule has 0 aliphatic rings. The van der Waals surface area contributed by atoms with E-state index in [0.717, 1.165) is 17.7 Å². The highest BCUT2D eigenvalue weighted by molar-refractivity contribution is 5.89. The molecule has 0 aromatic heterocycles. The van der Waals surface area contributed by atoms with Crippen molar-refractivity contribution in [3.63, 3.8) is 0 Å². The zero-order chi connectivity index (χ0) is 16.8. The first-order valence-corrected chi connectivity index (χ1v) is 6.73. The summed E-state index contributed by atoms with van der Waals surface area (Å²) >= 11 is 0. The number of carbonyl (C=O) groups is 1. The largest absolute Gasteiger partial charge is 0.497 e. The molecule has 0 heterocycles. The third-order valence-electron chi connectivity index (χ3n) is 3.04. The molecular weight excluding hydrogens is 306 g/mol. The van der Waals surface area contributed by atoms with Gasteiger partial charge in [-0.1, -0.05) is 0 Å². The van der Waals surface area contributed by atoms with Gasteiger partial charge in [0.05, 0.1) is 19.9 Å². The van der Waals surface area contributed by atoms with Crippen LogP contribution in [0.25, 0.3) is 0 Å². The molecule has 2 aromatic carbocycles. The van der Waals surface area contributed by atoms with Crippen molar-refractivity contribution >= 4 is 11.7 Å². The molecule has 0 atom stereocenters. The van der Waals surface area contributed by atoms with Crippen LogP contribution in [0.1, 0.15) is 5.56 Å². The normalized spacial score (nSPS) is 10.1. The molecule has 0 radical (unpaired) electrons. The maximum atomic E-state index is 13.5. The molecule has 2 rings (SSSR count). The second-order valence-corrected chi connectivity index (χ2v) is 4.65. The molecule has 0 fully saturated rings. The number of ether oxygens (including phenoxy) is 2. The van der Waals surface area contributed by atoms with Crippen LogP contribution in [0.4, 0.5) is 19.3 Å². The Bertz CT molecular complexity index is 685. The van der Waals surface area contributed by atoms with Crippen molar-refractivity contribution < 1.29 is 23.0 Å². The van der Waals surface area contributed by atoms with Gasteiger partial charge in [0.2, 0.25) is 0 Å². The highest BCUT2D eigenvalue weighted by atomic mass is 19.1. The van der Waals surface area contributed by atoms with E-state index in [1.54, 1.807) is 18.2 Å². The van der Waals surface area contributed by atoms with Gasteiger partial charge in [-0.15, -0.1) is 0 Å². The molecule has 0 aliphatic carbocycles. The number of carbonyl (C=O) groups excluding carboxylic acids is 1. The summed E-state index contributed by atoms with van der Waals surface area (Å²) in [6.07, 6.45) is 0. The first kappa shape index (κ1) is 16.5. The predicted octanol–water partition coefficient (Wildman–Crippen LogP) is 3.30. The number of benzene rings is 2. The van der Waals surface area contributed by atoms with Gasteiger partial charge in [0.1, 0.15) is 23.1 Å². The topological polar surface area (TPSA) is 59.6 Å². The molecule has 0 spiro atoms. The highest BCUT2D eigenvalue weighted by Gasteiger charge is 2.08. The number of nitrogens with one attached hydrogen (secondary N) is 2. The zero-order valence-electron chi connectivity index (χ0n) is 12.7. The molecule has 2 aromatic rings. The highest BCUT2D eigenvalue weighted by Crippen LogP contribution is 2.22. The number of hydrogen-bond acceptors (Lipinski definition) is 3. The molecule has 2 N–H and O–H groups in total. The van der Waals surface area contributed by atoms with Crippen LogP contribution in [0, 0.1) is 11.6 Å². The quantitative estimate of drug-likeness (QED) is 0.888. The third-order valence-corrected chi connectivity index (χ3v) is 3.04. The summed E-state index contributed by atoms with van der Waals surface area (Å²) in [6, 6.07) is 7.48. The van der Waals surface area contributed by atoms with E-state index in [1.807, 2.05) is 0 Å². The Morgan fingerprint density at radius 3 is 2.26 bits per heavy atom. The number of anilines is 1. The Balaban J connectivity index is 1.99. The molecule has 0 bridgehead atoms. The standard InChI is InChI=1S/C16H16F2N2O3/c1-22-12-5-10(6-13(8-12)23-2)9-19-16(21)20-15-4-3-11(17)7-14(15)18/h3-8H,9H2,1-2H3,(H2,19,20,21). The van der Waals surface area contributed by atoms with Crippen molar-refractivity contribution in [2.24, 2.45) is 0 Å². The maximum absolute atomic E-state index is 13.5. The molecule has 2 amide bonds. The van der Waals surface area contributed by atoms with Crippen LogP contribution in [0.15, 0.2) is 36.4 Å². The molecule has 0 saturated carbocycles. The average Bonchev–Trinajstić information content (AvgIpc) is 2.55. The van der Waals surface area contributed by atoms with E-state index in [9.17, 15) is 13.6 Å². The first-order chi connectivity index (χ1) is 11.0. The second kappa shape index (κ2) is 7.44. The van der Waals surface area contributed by atoms with Crippen LogP contribution < -0.4 is 20.1 Å². The zero-order valence-corrected chi connectivity index (χ0v) is 12.7. The van der Waals surface area contributed by atoms with Gasteiger partial charge >= 0.3 is 6.03 Å². The van der Waals surface area contributed by atoms with Gasteiger partial charge in [0.15, 0.2) is 0 Å². The van der Waals surface area contributed by atoms with Gasteiger partial charge in [0.25, 0.3) is 0 Å². The van der Waals surface area contributed by atoms with E-state index in [0.29, 0.717) is 17.6 Å². The van der Waals surface area contributed by atoms with Crippen molar-refractivity contribution in [1.82, 2.24) is 5.32 Å². The van der Waals surface area contributed by atoms with E-state index in [4.69, 9.17) is 9.47 Å². The van der Waals surface area contributed by atoms with Crippen molar-refractivity contribution in [2.45, 2.75) is 6.54 Å². The lowest BCUT2D eigenvalue weighted by Gasteiger charge is -2.11. The van der Waals surface area contributed by atoms with Crippen molar-refractivity contribution in [3.05, 3.63) is 53.6 Å². The first-order valence-electron chi connectivity index (χ1n) is 6.73. The van der Waals surface area contributed by atoms with Crippen LogP contribution in [0.3, 0.4) is 0 Å². The van der Waals surface area contributed by atoms with E-state index in [1.165, 1.54) is 14.2 Å². The van der Waals surface area contributed by atoms with Crippen LogP contribution in [0.5, 0.6) is 11.5 Å². The minimum absolute atomic E-state index is 0.105. The van der Waals surface area contributed by atoms with Gasteiger partial charge in [0, 0.05) is 18.7 Å². The number of halogens is 2. The Hall–Kier alpha value is -2.83. The second-order valence-electron chi connectivity index (χ2n) is 4.65. The van der Waals surface area contributed by atoms with Crippen molar-refractivity contribution in [1.29, 1.82) is 0 Å². The summed E-state index contributed by atoms with van der Waals surface area (Å²) in [4.78, 5) is 11.8. The van der Waals surface area contributed by atoms with Crippen LogP contribution in [0.2, 0.25) is 0 Å². The Labute approximate surface area is 132 Å². The lowest BCUT2D eigenvalue weighted by Crippen LogP contribution is -2.28. The minimum Gasteiger partial charge on any atom is -0.497 e. The Morgan fingerprint density at radius 1 is 1.04 bits per heavy atom. The monoisotopic (exact) mass is 322 g/mol. The fraction of sp³-hybridized carbons (Fsp3) is 0.188. The Kier molecular flexibility index (Phi) is 5.35. The van der Waals surface area contributed by atoms with Gasteiger partial charge < -0.3 is 20.1 Å². The van der Waals surface area contributed by atoms with E-state index in [-0.39, 0.29) is 12.2 Å². The molecule has 0 saturated heterocycles. The smallest absolute Gasteiger partial charge is 0.319 e. The molecule has 23 heavy (non-hydrogen) atoms. The third kappa shape index (κ3) is 4.57. The van der Waals surface area contributed by atoms with Crippen LogP contribution in [-0.2, 0) is 6.54 Å². The summed E-state index contributed by atoms with van der Waals surface area (Å²) < 4.78 is 36.5. The molecule has 0 unspecified atom stereocenters. The predicted molar refractivity (Wildman–Crippen MR) is 81.8 cm³/mol. The average molecular weight is 322 g/mol. The summed E-state index contributed by atoms with van der Waals surface area (Å²) in [5, 5.41) is 4.88.